The first-order chi connectivity index (χ1) is 9.65. The van der Waals surface area contributed by atoms with Crippen LogP contribution in [0.15, 0.2) is 18.2 Å². The maximum absolute atomic E-state index is 12.5. The Bertz CT molecular complexity index is 546. The second-order valence-corrected chi connectivity index (χ2v) is 4.41. The third kappa shape index (κ3) is 4.71. The molecule has 0 spiro atoms. The predicted molar refractivity (Wildman–Crippen MR) is 69.6 cm³/mol. The molecule has 0 bridgehead atoms. The summed E-state index contributed by atoms with van der Waals surface area (Å²) in [5.74, 6) is -0.591. The number of anilines is 1. The first-order valence-electron chi connectivity index (χ1n) is 6.06. The summed E-state index contributed by atoms with van der Waals surface area (Å²) in [7, 11) is 0. The van der Waals surface area contributed by atoms with Gasteiger partial charge in [-0.15, -0.1) is 0 Å². The van der Waals surface area contributed by atoms with E-state index in [1.807, 2.05) is 0 Å². The van der Waals surface area contributed by atoms with Crippen molar-refractivity contribution in [3.8, 4) is 0 Å². The van der Waals surface area contributed by atoms with E-state index in [2.05, 4.69) is 5.32 Å². The van der Waals surface area contributed by atoms with Crippen LogP contribution in [-0.4, -0.2) is 16.9 Å². The number of hydrogen-bond acceptors (Lipinski definition) is 4. The summed E-state index contributed by atoms with van der Waals surface area (Å²) in [5.41, 5.74) is 3.30. The van der Waals surface area contributed by atoms with Gasteiger partial charge in [0.15, 0.2) is 0 Å². The van der Waals surface area contributed by atoms with E-state index in [4.69, 9.17) is 5.73 Å². The van der Waals surface area contributed by atoms with Gasteiger partial charge in [-0.2, -0.15) is 13.2 Å². The number of hydrogen-bond donors (Lipinski definition) is 2. The lowest BCUT2D eigenvalue weighted by atomic mass is 10.1. The van der Waals surface area contributed by atoms with Gasteiger partial charge in [-0.25, -0.2) is 0 Å². The minimum Gasteiger partial charge on any atom is -0.327 e. The van der Waals surface area contributed by atoms with E-state index in [0.29, 0.717) is 18.6 Å². The van der Waals surface area contributed by atoms with Gasteiger partial charge in [0.1, 0.15) is 5.69 Å². The molecular weight excluding hydrogens is 291 g/mol. The van der Waals surface area contributed by atoms with E-state index in [-0.39, 0.29) is 12.1 Å². The van der Waals surface area contributed by atoms with Gasteiger partial charge < -0.3 is 11.1 Å². The summed E-state index contributed by atoms with van der Waals surface area (Å²) in [4.78, 5) is 21.4. The van der Waals surface area contributed by atoms with E-state index < -0.39 is 34.3 Å². The molecule has 0 aliphatic carbocycles. The molecule has 0 saturated carbocycles. The predicted octanol–water partition coefficient (Wildman–Crippen LogP) is 2.68. The highest BCUT2D eigenvalue weighted by Crippen LogP contribution is 2.34. The Morgan fingerprint density at radius 2 is 2.10 bits per heavy atom. The number of alkyl halides is 3. The van der Waals surface area contributed by atoms with Crippen molar-refractivity contribution in [1.29, 1.82) is 0 Å². The number of carbonyl (C=O) groups excluding carboxylic acids is 1. The molecule has 9 heteroatoms. The molecule has 0 aliphatic heterocycles. The highest BCUT2D eigenvalue weighted by atomic mass is 19.4. The van der Waals surface area contributed by atoms with Gasteiger partial charge in [0.2, 0.25) is 5.91 Å². The van der Waals surface area contributed by atoms with Crippen LogP contribution in [-0.2, 0) is 11.0 Å². The van der Waals surface area contributed by atoms with E-state index >= 15 is 0 Å². The number of nitro benzene ring substituents is 1. The molecule has 1 amide bonds. The lowest BCUT2D eigenvalue weighted by Crippen LogP contribution is -2.26. The van der Waals surface area contributed by atoms with Crippen LogP contribution in [0.4, 0.5) is 24.5 Å². The van der Waals surface area contributed by atoms with Crippen molar-refractivity contribution in [2.24, 2.45) is 5.73 Å². The fraction of sp³-hybridized carbons (Fsp3) is 0.417. The van der Waals surface area contributed by atoms with Gasteiger partial charge in [-0.3, -0.25) is 14.9 Å². The number of rotatable bonds is 5. The Morgan fingerprint density at radius 3 is 2.57 bits per heavy atom. The number of nitrogens with two attached hydrogens (primary N) is 1. The van der Waals surface area contributed by atoms with E-state index in [9.17, 15) is 28.1 Å². The fourth-order valence-electron chi connectivity index (χ4n) is 1.55. The number of amides is 1. The molecule has 21 heavy (non-hydrogen) atoms. The summed E-state index contributed by atoms with van der Waals surface area (Å²) in [5, 5.41) is 13.0. The Hall–Kier alpha value is -2.16. The summed E-state index contributed by atoms with van der Waals surface area (Å²) >= 11 is 0. The van der Waals surface area contributed by atoms with Crippen molar-refractivity contribution in [2.75, 3.05) is 5.32 Å². The van der Waals surface area contributed by atoms with E-state index in [1.54, 1.807) is 6.92 Å². The third-order valence-electron chi connectivity index (χ3n) is 2.77. The molecule has 0 fully saturated rings. The first kappa shape index (κ1) is 16.9. The molecule has 1 rings (SSSR count). The number of nitrogens with one attached hydrogen (secondary N) is 1. The topological polar surface area (TPSA) is 98.3 Å². The van der Waals surface area contributed by atoms with Crippen LogP contribution in [0.3, 0.4) is 0 Å². The average Bonchev–Trinajstić information content (AvgIpc) is 2.37. The van der Waals surface area contributed by atoms with Crippen LogP contribution in [0, 0.1) is 10.1 Å². The molecule has 0 aliphatic rings. The minimum absolute atomic E-state index is 0.0747. The number of carbonyl (C=O) groups is 1. The zero-order valence-electron chi connectivity index (χ0n) is 11.1. The molecule has 116 valence electrons. The second kappa shape index (κ2) is 6.53. The van der Waals surface area contributed by atoms with Crippen LogP contribution in [0.1, 0.15) is 25.3 Å². The molecule has 0 heterocycles. The highest BCUT2D eigenvalue weighted by molar-refractivity contribution is 5.93. The van der Waals surface area contributed by atoms with Crippen LogP contribution in [0.25, 0.3) is 0 Å². The van der Waals surface area contributed by atoms with Crippen molar-refractivity contribution in [2.45, 2.75) is 32.0 Å². The van der Waals surface area contributed by atoms with E-state index in [1.165, 1.54) is 0 Å². The molecule has 6 nitrogen and oxygen atoms in total. The van der Waals surface area contributed by atoms with Gasteiger partial charge in [0.25, 0.3) is 5.69 Å². The van der Waals surface area contributed by atoms with Crippen molar-refractivity contribution in [3.63, 3.8) is 0 Å². The van der Waals surface area contributed by atoms with Crippen molar-refractivity contribution < 1.29 is 22.9 Å². The Labute approximate surface area is 118 Å². The summed E-state index contributed by atoms with van der Waals surface area (Å²) in [6.45, 7) is 1.76. The molecule has 0 saturated heterocycles. The Morgan fingerprint density at radius 1 is 1.48 bits per heavy atom. The smallest absolute Gasteiger partial charge is 0.327 e. The highest BCUT2D eigenvalue weighted by Gasteiger charge is 2.33. The summed E-state index contributed by atoms with van der Waals surface area (Å²) < 4.78 is 37.6. The van der Waals surface area contributed by atoms with E-state index in [0.717, 1.165) is 6.07 Å². The van der Waals surface area contributed by atoms with Gasteiger partial charge in [-0.05, 0) is 18.6 Å². The fourth-order valence-corrected chi connectivity index (χ4v) is 1.55. The summed E-state index contributed by atoms with van der Waals surface area (Å²) in [6, 6.07) is 1.49. The average molecular weight is 305 g/mol. The zero-order chi connectivity index (χ0) is 16.2. The van der Waals surface area contributed by atoms with Gasteiger partial charge in [0.05, 0.1) is 10.5 Å². The monoisotopic (exact) mass is 305 g/mol. The van der Waals surface area contributed by atoms with Crippen LogP contribution >= 0.6 is 0 Å². The molecule has 1 aromatic carbocycles. The van der Waals surface area contributed by atoms with Crippen LogP contribution in [0.2, 0.25) is 0 Å². The Balaban J connectivity index is 3.02. The largest absolute Gasteiger partial charge is 0.416 e. The Kier molecular flexibility index (Phi) is 5.25. The van der Waals surface area contributed by atoms with Crippen LogP contribution < -0.4 is 11.1 Å². The number of benzene rings is 1. The quantitative estimate of drug-likeness (QED) is 0.645. The number of nitro groups is 1. The van der Waals surface area contributed by atoms with Gasteiger partial charge >= 0.3 is 6.18 Å². The molecule has 0 aromatic heterocycles. The molecule has 0 radical (unpaired) electrons. The molecule has 1 unspecified atom stereocenters. The summed E-state index contributed by atoms with van der Waals surface area (Å²) in [6.07, 6.45) is -4.24. The molecule has 1 aromatic rings. The maximum atomic E-state index is 12.5. The maximum Gasteiger partial charge on any atom is 0.416 e. The SMILES string of the molecule is CCC(N)CC(=O)Nc1ccc(C(F)(F)F)cc1[N+](=O)[O-]. The third-order valence-corrected chi connectivity index (χ3v) is 2.77. The minimum atomic E-state index is -4.70. The van der Waals surface area contributed by atoms with Crippen molar-refractivity contribution >= 4 is 17.3 Å². The van der Waals surface area contributed by atoms with Gasteiger partial charge in [0, 0.05) is 18.5 Å². The van der Waals surface area contributed by atoms with Crippen molar-refractivity contribution in [1.82, 2.24) is 0 Å². The van der Waals surface area contributed by atoms with Crippen LogP contribution in [0.5, 0.6) is 0 Å². The van der Waals surface area contributed by atoms with Gasteiger partial charge in [-0.1, -0.05) is 6.92 Å². The standard InChI is InChI=1S/C12H14F3N3O3/c1-2-8(16)6-11(19)17-9-4-3-7(12(13,14)15)5-10(9)18(20)21/h3-5,8H,2,6,16H2,1H3,(H,17,19). The number of halogens is 3. The lowest BCUT2D eigenvalue weighted by molar-refractivity contribution is -0.384. The number of nitrogens with zero attached hydrogens (tertiary/aromatic N) is 1. The molecular formula is C12H14F3N3O3. The molecule has 3 N–H and O–H groups in total. The van der Waals surface area contributed by atoms with Crippen molar-refractivity contribution in [3.05, 3.63) is 33.9 Å². The second-order valence-electron chi connectivity index (χ2n) is 4.41. The zero-order valence-corrected chi connectivity index (χ0v) is 11.1. The lowest BCUT2D eigenvalue weighted by Gasteiger charge is -2.11. The first-order valence-corrected chi connectivity index (χ1v) is 6.06. The normalized spacial score (nSPS) is 12.8. The molecule has 1 atom stereocenters.